The van der Waals surface area contributed by atoms with Gasteiger partial charge in [-0.05, 0) is 96.3 Å². The second-order valence-electron chi connectivity index (χ2n) is 21.3. The summed E-state index contributed by atoms with van der Waals surface area (Å²) in [6, 6.07) is 0. The molecule has 0 fully saturated rings. The van der Waals surface area contributed by atoms with Gasteiger partial charge in [-0.2, -0.15) is 0 Å². The first-order valence-corrected chi connectivity index (χ1v) is 31.9. The summed E-state index contributed by atoms with van der Waals surface area (Å²) in [5.41, 5.74) is 0. The molecule has 74 heavy (non-hydrogen) atoms. The fourth-order valence-corrected chi connectivity index (χ4v) is 9.15. The summed E-state index contributed by atoms with van der Waals surface area (Å²) in [5, 5.41) is 0. The SMILES string of the molecule is CC/C=C\C/C=C\C/C=C\C/C=C\CCC(=O)OCC(COC(=O)CCCCCCCCCCCCCCC/C=C\CCCCCCCCCC)OC(=O)CCCCCCCCC/C=C\CCCCCCCCC. The van der Waals surface area contributed by atoms with E-state index in [2.05, 4.69) is 87.6 Å². The van der Waals surface area contributed by atoms with E-state index in [0.717, 1.165) is 64.2 Å². The Bertz CT molecular complexity index is 1370. The number of esters is 3. The van der Waals surface area contributed by atoms with Crippen LogP contribution in [0.4, 0.5) is 0 Å². The first-order chi connectivity index (χ1) is 36.5. The third-order valence-corrected chi connectivity index (χ3v) is 13.9. The highest BCUT2D eigenvalue weighted by molar-refractivity contribution is 5.71. The molecule has 0 aromatic heterocycles. The van der Waals surface area contributed by atoms with Crippen LogP contribution < -0.4 is 0 Å². The van der Waals surface area contributed by atoms with Crippen molar-refractivity contribution >= 4 is 17.9 Å². The Labute approximate surface area is 459 Å². The van der Waals surface area contributed by atoms with Gasteiger partial charge in [-0.25, -0.2) is 0 Å². The highest BCUT2D eigenvalue weighted by atomic mass is 16.6. The molecule has 0 amide bonds. The van der Waals surface area contributed by atoms with E-state index >= 15 is 0 Å². The van der Waals surface area contributed by atoms with Crippen LogP contribution in [0.5, 0.6) is 0 Å². The highest BCUT2D eigenvalue weighted by Crippen LogP contribution is 2.16. The van der Waals surface area contributed by atoms with E-state index in [4.69, 9.17) is 14.2 Å². The standard InChI is InChI=1S/C68H120O6/c1-4-7-10-13-16-19-22-25-27-29-31-32-33-34-35-36-37-39-40-43-46-49-52-55-58-61-67(70)73-64-65(63-72-66(69)60-57-54-51-48-45-42-24-21-18-15-12-9-6-3)74-68(71)62-59-56-53-50-47-44-41-38-30-28-26-23-20-17-14-11-8-5-2/h9,12,18,21,28-31,42,45,51,54,65H,4-8,10-11,13-17,19-20,22-27,32-41,43-44,46-50,52-53,55-64H2,1-3H3/b12-9-,21-18-,30-28-,31-29-,45-42-,54-51-. The van der Waals surface area contributed by atoms with Crippen molar-refractivity contribution in [3.8, 4) is 0 Å². The van der Waals surface area contributed by atoms with Crippen LogP contribution >= 0.6 is 0 Å². The molecule has 0 aromatic carbocycles. The zero-order valence-electron chi connectivity index (χ0n) is 49.1. The van der Waals surface area contributed by atoms with Crippen LogP contribution in [0.2, 0.25) is 0 Å². The maximum Gasteiger partial charge on any atom is 0.306 e. The average Bonchev–Trinajstić information content (AvgIpc) is 3.40. The molecule has 0 saturated heterocycles. The number of hydrogen-bond donors (Lipinski definition) is 0. The van der Waals surface area contributed by atoms with Gasteiger partial charge >= 0.3 is 17.9 Å². The molecular formula is C68H120O6. The Morgan fingerprint density at radius 2 is 0.554 bits per heavy atom. The van der Waals surface area contributed by atoms with Gasteiger partial charge in [0.1, 0.15) is 13.2 Å². The molecule has 0 rings (SSSR count). The molecule has 0 aliphatic carbocycles. The van der Waals surface area contributed by atoms with Crippen molar-refractivity contribution in [1.29, 1.82) is 0 Å². The molecule has 0 aliphatic heterocycles. The average molecular weight is 1030 g/mol. The number of rotatable bonds is 58. The maximum atomic E-state index is 12.9. The fourth-order valence-electron chi connectivity index (χ4n) is 9.15. The number of unbranched alkanes of at least 4 members (excludes halogenated alkanes) is 35. The van der Waals surface area contributed by atoms with E-state index in [1.54, 1.807) is 0 Å². The minimum atomic E-state index is -0.807. The summed E-state index contributed by atoms with van der Waals surface area (Å²) in [4.78, 5) is 38.2. The second-order valence-corrected chi connectivity index (χ2v) is 21.3. The van der Waals surface area contributed by atoms with Crippen molar-refractivity contribution in [2.45, 2.75) is 329 Å². The molecule has 0 radical (unpaired) electrons. The largest absolute Gasteiger partial charge is 0.462 e. The fraction of sp³-hybridized carbons (Fsp3) is 0.779. The number of hydrogen-bond acceptors (Lipinski definition) is 6. The van der Waals surface area contributed by atoms with Crippen LogP contribution in [0.25, 0.3) is 0 Å². The van der Waals surface area contributed by atoms with Crippen LogP contribution in [0, 0.1) is 0 Å². The Morgan fingerprint density at radius 1 is 0.284 bits per heavy atom. The predicted octanol–water partition coefficient (Wildman–Crippen LogP) is 21.7. The lowest BCUT2D eigenvalue weighted by Crippen LogP contribution is -2.30. The van der Waals surface area contributed by atoms with Gasteiger partial charge in [-0.3, -0.25) is 14.4 Å². The summed E-state index contributed by atoms with van der Waals surface area (Å²) in [5.74, 6) is -0.974. The van der Waals surface area contributed by atoms with Crippen molar-refractivity contribution in [3.63, 3.8) is 0 Å². The summed E-state index contributed by atoms with van der Waals surface area (Å²) < 4.78 is 16.8. The Balaban J connectivity index is 4.31. The monoisotopic (exact) mass is 1030 g/mol. The molecule has 6 nitrogen and oxygen atoms in total. The minimum Gasteiger partial charge on any atom is -0.462 e. The zero-order valence-corrected chi connectivity index (χ0v) is 49.1. The van der Waals surface area contributed by atoms with Gasteiger partial charge < -0.3 is 14.2 Å². The number of ether oxygens (including phenoxy) is 3. The van der Waals surface area contributed by atoms with E-state index in [1.807, 2.05) is 6.08 Å². The molecule has 6 heteroatoms. The third-order valence-electron chi connectivity index (χ3n) is 13.9. The molecule has 0 aromatic rings. The number of carbonyl (C=O) groups excluding carboxylic acids is 3. The molecule has 0 saturated carbocycles. The van der Waals surface area contributed by atoms with Crippen molar-refractivity contribution in [3.05, 3.63) is 72.9 Å². The summed E-state index contributed by atoms with van der Waals surface area (Å²) in [7, 11) is 0. The lowest BCUT2D eigenvalue weighted by molar-refractivity contribution is -0.166. The van der Waals surface area contributed by atoms with Gasteiger partial charge in [-0.1, -0.05) is 280 Å². The van der Waals surface area contributed by atoms with Crippen LogP contribution in [-0.2, 0) is 28.6 Å². The lowest BCUT2D eigenvalue weighted by atomic mass is 10.0. The van der Waals surface area contributed by atoms with E-state index < -0.39 is 6.10 Å². The molecule has 1 atom stereocenters. The topological polar surface area (TPSA) is 78.9 Å². The van der Waals surface area contributed by atoms with Crippen LogP contribution in [0.1, 0.15) is 323 Å². The molecule has 0 aliphatic rings. The summed E-state index contributed by atoms with van der Waals surface area (Å²) in [6.07, 6.45) is 80.8. The van der Waals surface area contributed by atoms with E-state index in [0.29, 0.717) is 19.3 Å². The van der Waals surface area contributed by atoms with E-state index in [1.165, 1.54) is 212 Å². The molecule has 1 unspecified atom stereocenters. The Morgan fingerprint density at radius 3 is 0.905 bits per heavy atom. The van der Waals surface area contributed by atoms with Crippen LogP contribution in [0.15, 0.2) is 72.9 Å². The Kier molecular flexibility index (Phi) is 59.7. The van der Waals surface area contributed by atoms with Crippen molar-refractivity contribution in [1.82, 2.24) is 0 Å². The van der Waals surface area contributed by atoms with Gasteiger partial charge in [0.05, 0.1) is 0 Å². The first kappa shape index (κ1) is 70.8. The van der Waals surface area contributed by atoms with Gasteiger partial charge in [-0.15, -0.1) is 0 Å². The van der Waals surface area contributed by atoms with Crippen LogP contribution in [-0.4, -0.2) is 37.2 Å². The second kappa shape index (κ2) is 62.4. The van der Waals surface area contributed by atoms with Crippen molar-refractivity contribution in [2.24, 2.45) is 0 Å². The predicted molar refractivity (Wildman–Crippen MR) is 321 cm³/mol. The van der Waals surface area contributed by atoms with Gasteiger partial charge in [0, 0.05) is 19.3 Å². The number of allylic oxidation sites excluding steroid dienone is 12. The van der Waals surface area contributed by atoms with Gasteiger partial charge in [0.15, 0.2) is 6.10 Å². The lowest BCUT2D eigenvalue weighted by Gasteiger charge is -2.18. The first-order valence-electron chi connectivity index (χ1n) is 31.9. The Hall–Kier alpha value is -3.15. The molecule has 0 heterocycles. The molecule has 0 bridgehead atoms. The molecule has 0 N–H and O–H groups in total. The summed E-state index contributed by atoms with van der Waals surface area (Å²) >= 11 is 0. The zero-order chi connectivity index (χ0) is 53.6. The molecule has 428 valence electrons. The highest BCUT2D eigenvalue weighted by Gasteiger charge is 2.19. The van der Waals surface area contributed by atoms with E-state index in [-0.39, 0.29) is 37.5 Å². The van der Waals surface area contributed by atoms with E-state index in [9.17, 15) is 14.4 Å². The minimum absolute atomic E-state index is 0.0974. The van der Waals surface area contributed by atoms with Gasteiger partial charge in [0.2, 0.25) is 0 Å². The van der Waals surface area contributed by atoms with Crippen molar-refractivity contribution < 1.29 is 28.6 Å². The maximum absolute atomic E-state index is 12.9. The van der Waals surface area contributed by atoms with Crippen molar-refractivity contribution in [2.75, 3.05) is 13.2 Å². The molecular weight excluding hydrogens is 913 g/mol. The number of carbonyl (C=O) groups is 3. The molecule has 0 spiro atoms. The third kappa shape index (κ3) is 59.7. The summed E-state index contributed by atoms with van der Waals surface area (Å²) in [6.45, 7) is 6.49. The normalized spacial score (nSPS) is 12.5. The van der Waals surface area contributed by atoms with Crippen LogP contribution in [0.3, 0.4) is 0 Å². The quantitative estimate of drug-likeness (QED) is 0.0261. The smallest absolute Gasteiger partial charge is 0.306 e. The van der Waals surface area contributed by atoms with Gasteiger partial charge in [0.25, 0.3) is 0 Å².